The van der Waals surface area contributed by atoms with Crippen LogP contribution in [0.2, 0.25) is 0 Å². The highest BCUT2D eigenvalue weighted by atomic mass is 16.8. The van der Waals surface area contributed by atoms with Crippen molar-refractivity contribution in [3.05, 3.63) is 0 Å². The van der Waals surface area contributed by atoms with Crippen LogP contribution in [0.15, 0.2) is 0 Å². The summed E-state index contributed by atoms with van der Waals surface area (Å²) >= 11 is 0. The summed E-state index contributed by atoms with van der Waals surface area (Å²) in [5.41, 5.74) is -0.473. The van der Waals surface area contributed by atoms with Gasteiger partial charge in [-0.15, -0.1) is 0 Å². The Balaban J connectivity index is 1.71. The summed E-state index contributed by atoms with van der Waals surface area (Å²) in [5, 5.41) is 144. The second kappa shape index (κ2) is 17.6. The van der Waals surface area contributed by atoms with E-state index in [1.165, 1.54) is 0 Å². The summed E-state index contributed by atoms with van der Waals surface area (Å²) in [6, 6.07) is 0. The fourth-order valence-electron chi connectivity index (χ4n) is 5.67. The zero-order chi connectivity index (χ0) is 36.2. The van der Waals surface area contributed by atoms with Gasteiger partial charge in [-0.3, -0.25) is 0 Å². The highest BCUT2D eigenvalue weighted by Crippen LogP contribution is 2.32. The molecule has 48 heavy (non-hydrogen) atoms. The summed E-state index contributed by atoms with van der Waals surface area (Å²) in [5.74, 6) is 0. The highest BCUT2D eigenvalue weighted by Gasteiger charge is 2.52. The van der Waals surface area contributed by atoms with Crippen LogP contribution < -0.4 is 0 Å². The van der Waals surface area contributed by atoms with Gasteiger partial charge in [0.2, 0.25) is 0 Å². The molecule has 14 N–H and O–H groups in total. The van der Waals surface area contributed by atoms with E-state index in [0.717, 1.165) is 0 Å². The molecule has 0 bridgehead atoms. The van der Waals surface area contributed by atoms with Crippen LogP contribution in [-0.4, -0.2) is 214 Å². The van der Waals surface area contributed by atoms with Gasteiger partial charge in [-0.05, 0) is 11.8 Å². The van der Waals surface area contributed by atoms with Crippen molar-refractivity contribution >= 4 is 0 Å². The van der Waals surface area contributed by atoms with Gasteiger partial charge in [0.1, 0.15) is 91.6 Å². The van der Waals surface area contributed by atoms with Crippen LogP contribution in [0.4, 0.5) is 0 Å². The first-order valence-corrected chi connectivity index (χ1v) is 15.6. The molecule has 284 valence electrons. The third-order valence-corrected chi connectivity index (χ3v) is 8.46. The molecule has 0 aromatic carbocycles. The Morgan fingerprint density at radius 1 is 0.583 bits per heavy atom. The van der Waals surface area contributed by atoms with Crippen LogP contribution >= 0.6 is 0 Å². The van der Waals surface area contributed by atoms with E-state index in [4.69, 9.17) is 28.4 Å². The van der Waals surface area contributed by atoms with E-state index < -0.39 is 148 Å². The first-order chi connectivity index (χ1) is 22.4. The van der Waals surface area contributed by atoms with Crippen LogP contribution in [0, 0.1) is 5.41 Å². The third-order valence-electron chi connectivity index (χ3n) is 8.46. The molecule has 0 amide bonds. The van der Waals surface area contributed by atoms with E-state index in [1.54, 1.807) is 20.8 Å². The van der Waals surface area contributed by atoms with Gasteiger partial charge < -0.3 is 99.9 Å². The lowest BCUT2D eigenvalue weighted by molar-refractivity contribution is -0.372. The third kappa shape index (κ3) is 9.74. The van der Waals surface area contributed by atoms with Crippen molar-refractivity contribution in [1.29, 1.82) is 0 Å². The predicted octanol–water partition coefficient (Wildman–Crippen LogP) is -7.67. The maximum absolute atomic E-state index is 11.0. The van der Waals surface area contributed by atoms with E-state index in [0.29, 0.717) is 0 Å². The number of aliphatic hydroxyl groups is 14. The zero-order valence-electron chi connectivity index (χ0n) is 26.7. The van der Waals surface area contributed by atoms with Gasteiger partial charge in [0.05, 0.1) is 32.5 Å². The summed E-state index contributed by atoms with van der Waals surface area (Å²) in [6.45, 7) is 2.06. The fourth-order valence-corrected chi connectivity index (χ4v) is 5.67. The van der Waals surface area contributed by atoms with Crippen molar-refractivity contribution in [2.45, 2.75) is 144 Å². The van der Waals surface area contributed by atoms with Gasteiger partial charge in [0.15, 0.2) is 18.9 Å². The molecule has 0 aliphatic carbocycles. The average molecular weight is 709 g/mol. The normalized spacial score (nSPS) is 43.8. The molecule has 1 unspecified atom stereocenters. The molecular formula is C28H52O20. The lowest BCUT2D eigenvalue weighted by Crippen LogP contribution is -2.65. The molecule has 0 aromatic heterocycles. The molecule has 3 fully saturated rings. The number of hydrogen-bond donors (Lipinski definition) is 14. The second-order valence-electron chi connectivity index (χ2n) is 13.5. The van der Waals surface area contributed by atoms with Crippen molar-refractivity contribution in [1.82, 2.24) is 0 Å². The SMILES string of the molecule is CC(C)(C)C[C@H](O)[C@@H](O)[C@H](O[C@H]1O[C@H](CO)C(O[C@H]2O[C@H](CO[C@H]3O[C@H](CO)[C@@H](O)[C@H](O)[C@H]3O)[C@@H](O)[C@H](O)[C@H]2O)[C@H](O)[C@H]1O)[C@H](O)CO. The van der Waals surface area contributed by atoms with Crippen LogP contribution in [0.1, 0.15) is 27.2 Å². The molecule has 0 saturated carbocycles. The van der Waals surface area contributed by atoms with Crippen LogP contribution in [0.3, 0.4) is 0 Å². The van der Waals surface area contributed by atoms with Crippen molar-refractivity contribution in [2.24, 2.45) is 5.41 Å². The van der Waals surface area contributed by atoms with E-state index in [2.05, 4.69) is 0 Å². The van der Waals surface area contributed by atoms with Crippen molar-refractivity contribution in [2.75, 3.05) is 26.4 Å². The van der Waals surface area contributed by atoms with Crippen LogP contribution in [-0.2, 0) is 28.4 Å². The summed E-state index contributed by atoms with van der Waals surface area (Å²) in [7, 11) is 0. The smallest absolute Gasteiger partial charge is 0.187 e. The Morgan fingerprint density at radius 2 is 1.08 bits per heavy atom. The molecule has 20 nitrogen and oxygen atoms in total. The first-order valence-electron chi connectivity index (χ1n) is 15.6. The van der Waals surface area contributed by atoms with Gasteiger partial charge in [-0.2, -0.15) is 0 Å². The molecule has 0 aromatic rings. The molecule has 0 spiro atoms. The molecule has 3 rings (SSSR count). The van der Waals surface area contributed by atoms with Gasteiger partial charge in [-0.1, -0.05) is 20.8 Å². The number of aliphatic hydroxyl groups excluding tert-OH is 14. The highest BCUT2D eigenvalue weighted by molar-refractivity contribution is 4.96. The lowest BCUT2D eigenvalue weighted by Gasteiger charge is -2.47. The van der Waals surface area contributed by atoms with Crippen molar-refractivity contribution < 1.29 is 99.9 Å². The predicted molar refractivity (Wildman–Crippen MR) is 153 cm³/mol. The van der Waals surface area contributed by atoms with E-state index >= 15 is 0 Å². The molecule has 3 aliphatic heterocycles. The van der Waals surface area contributed by atoms with Crippen LogP contribution in [0.25, 0.3) is 0 Å². The molecule has 19 atom stereocenters. The molecule has 3 heterocycles. The Hall–Kier alpha value is -0.800. The Morgan fingerprint density at radius 3 is 1.62 bits per heavy atom. The maximum atomic E-state index is 11.0. The lowest BCUT2D eigenvalue weighted by atomic mass is 9.86. The van der Waals surface area contributed by atoms with E-state index in [-0.39, 0.29) is 6.42 Å². The van der Waals surface area contributed by atoms with E-state index in [9.17, 15) is 71.5 Å². The van der Waals surface area contributed by atoms with Crippen molar-refractivity contribution in [3.8, 4) is 0 Å². The van der Waals surface area contributed by atoms with Crippen LogP contribution in [0.5, 0.6) is 0 Å². The monoisotopic (exact) mass is 708 g/mol. The molecule has 3 saturated heterocycles. The number of rotatable bonds is 14. The number of hydrogen-bond acceptors (Lipinski definition) is 20. The molecule has 0 radical (unpaired) electrons. The Labute approximate surface area is 275 Å². The van der Waals surface area contributed by atoms with Gasteiger partial charge >= 0.3 is 0 Å². The topological polar surface area (TPSA) is 339 Å². The number of ether oxygens (including phenoxy) is 6. The molecule has 3 aliphatic rings. The summed E-state index contributed by atoms with van der Waals surface area (Å²) in [6.07, 6.45) is -33.3. The fraction of sp³-hybridized carbons (Fsp3) is 1.00. The maximum Gasteiger partial charge on any atom is 0.187 e. The molecular weight excluding hydrogens is 656 g/mol. The largest absolute Gasteiger partial charge is 0.394 e. The van der Waals surface area contributed by atoms with Gasteiger partial charge in [0.25, 0.3) is 0 Å². The first kappa shape index (κ1) is 41.6. The van der Waals surface area contributed by atoms with Crippen molar-refractivity contribution in [3.63, 3.8) is 0 Å². The Kier molecular flexibility index (Phi) is 15.3. The Bertz CT molecular complexity index is 953. The summed E-state index contributed by atoms with van der Waals surface area (Å²) in [4.78, 5) is 0. The minimum atomic E-state index is -2.03. The molecule has 20 heteroatoms. The minimum absolute atomic E-state index is 0.0386. The second-order valence-corrected chi connectivity index (χ2v) is 13.5. The zero-order valence-corrected chi connectivity index (χ0v) is 26.7. The quantitative estimate of drug-likeness (QED) is 0.0796. The summed E-state index contributed by atoms with van der Waals surface area (Å²) < 4.78 is 32.8. The minimum Gasteiger partial charge on any atom is -0.394 e. The van der Waals surface area contributed by atoms with Gasteiger partial charge in [0, 0.05) is 0 Å². The standard InChI is InChI=1S/C28H52O20/c1-28(2,3)4-9(32)14(34)23(10(33)5-29)47-27-22(42)19(39)24(12(7-31)45-27)48-26-21(41)18(38)16(36)13(46-26)8-43-25-20(40)17(37)15(35)11(6-30)44-25/h9-27,29-42H,4-8H2,1-3H3/t9-,10+,11+,12+,13+,14+,15+,16+,17-,18-,19+,20+,21+,22+,23+,24?,25-,26+,27+/m0/s1. The van der Waals surface area contributed by atoms with E-state index in [1.807, 2.05) is 0 Å². The average Bonchev–Trinajstić information content (AvgIpc) is 3.04. The van der Waals surface area contributed by atoms with Gasteiger partial charge in [-0.25, -0.2) is 0 Å².